The van der Waals surface area contributed by atoms with Crippen LogP contribution in [0.25, 0.3) is 10.2 Å². The number of nitrogens with one attached hydrogen (secondary N) is 1. The lowest BCUT2D eigenvalue weighted by Gasteiger charge is -2.10. The fourth-order valence-electron chi connectivity index (χ4n) is 3.04. The van der Waals surface area contributed by atoms with Gasteiger partial charge in [-0.25, -0.2) is 0 Å². The van der Waals surface area contributed by atoms with E-state index in [1.807, 2.05) is 30.3 Å². The number of aliphatic hydroxyl groups excluding tert-OH is 1. The molecule has 0 aliphatic carbocycles. The van der Waals surface area contributed by atoms with Gasteiger partial charge in [-0.3, -0.25) is 9.59 Å². The van der Waals surface area contributed by atoms with E-state index in [1.165, 1.54) is 11.5 Å². The molecule has 6 nitrogen and oxygen atoms in total. The number of aliphatic hydroxyl groups is 1. The van der Waals surface area contributed by atoms with Crippen LogP contribution in [0.2, 0.25) is 0 Å². The third-order valence-electron chi connectivity index (χ3n) is 4.42. The van der Waals surface area contributed by atoms with E-state index in [0.717, 1.165) is 10.3 Å². The number of fused-ring (bicyclic) bond motifs is 1. The Balaban J connectivity index is 1.56. The molecule has 0 bridgehead atoms. The Morgan fingerprint density at radius 1 is 1.19 bits per heavy atom. The average molecular weight is 365 g/mol. The summed E-state index contributed by atoms with van der Waals surface area (Å²) in [5, 5.41) is 17.1. The van der Waals surface area contributed by atoms with Crippen LogP contribution in [0.4, 0.5) is 0 Å². The number of amides is 1. The third-order valence-corrected chi connectivity index (χ3v) is 5.12. The lowest BCUT2D eigenvalue weighted by molar-refractivity contribution is -0.116. The largest absolute Gasteiger partial charge is 0.509 e. The molecule has 0 fully saturated rings. The smallest absolute Gasteiger partial charge is 0.259 e. The molecule has 2 N–H and O–H groups in total. The highest BCUT2D eigenvalue weighted by Gasteiger charge is 2.36. The van der Waals surface area contributed by atoms with Gasteiger partial charge in [-0.2, -0.15) is 0 Å². The van der Waals surface area contributed by atoms with E-state index in [0.29, 0.717) is 23.9 Å². The van der Waals surface area contributed by atoms with Gasteiger partial charge in [0.25, 0.3) is 5.91 Å². The van der Waals surface area contributed by atoms with Gasteiger partial charge in [0.15, 0.2) is 0 Å². The lowest BCUT2D eigenvalue weighted by atomic mass is 10.00. The summed E-state index contributed by atoms with van der Waals surface area (Å²) in [7, 11) is 0. The highest BCUT2D eigenvalue weighted by atomic mass is 32.1. The first kappa shape index (κ1) is 16.4. The molecular weight excluding hydrogens is 350 g/mol. The number of carbonyl (C=O) groups excluding carboxylic acids is 2. The number of carbonyl (C=O) groups is 2. The van der Waals surface area contributed by atoms with Crippen molar-refractivity contribution in [3.8, 4) is 0 Å². The van der Waals surface area contributed by atoms with Crippen LogP contribution in [-0.2, 0) is 11.2 Å². The van der Waals surface area contributed by atoms with E-state index in [9.17, 15) is 14.7 Å². The van der Waals surface area contributed by atoms with Crippen molar-refractivity contribution in [1.29, 1.82) is 0 Å². The first-order valence-electron chi connectivity index (χ1n) is 8.18. The summed E-state index contributed by atoms with van der Waals surface area (Å²) in [6, 6.07) is 14.2. The summed E-state index contributed by atoms with van der Waals surface area (Å²) in [4.78, 5) is 25.0. The molecule has 0 radical (unpaired) electrons. The van der Waals surface area contributed by atoms with E-state index in [-0.39, 0.29) is 11.3 Å². The maximum absolute atomic E-state index is 12.7. The second-order valence-electron chi connectivity index (χ2n) is 6.10. The van der Waals surface area contributed by atoms with Gasteiger partial charge in [0.2, 0.25) is 5.78 Å². The van der Waals surface area contributed by atoms with Gasteiger partial charge in [0.1, 0.15) is 16.8 Å². The predicted molar refractivity (Wildman–Crippen MR) is 98.1 cm³/mol. The Morgan fingerprint density at radius 2 is 2.00 bits per heavy atom. The Hall–Kier alpha value is -3.06. The topological polar surface area (TPSA) is 92.2 Å². The number of hydrogen-bond acceptors (Lipinski definition) is 6. The van der Waals surface area contributed by atoms with E-state index in [4.69, 9.17) is 0 Å². The average Bonchev–Trinajstić information content (AvgIpc) is 3.23. The Bertz CT molecular complexity index is 1030. The predicted octanol–water partition coefficient (Wildman–Crippen LogP) is 2.82. The molecule has 0 saturated heterocycles. The molecule has 3 aromatic rings. The SMILES string of the molecule is O=C1NC(CCc2ccccc2)C(O)=C1C(=O)c1ccc2snnc2c1. The van der Waals surface area contributed by atoms with Gasteiger partial charge in [-0.15, -0.1) is 5.10 Å². The minimum absolute atomic E-state index is 0.188. The van der Waals surface area contributed by atoms with Crippen molar-refractivity contribution in [1.82, 2.24) is 14.9 Å². The molecule has 7 heteroatoms. The zero-order chi connectivity index (χ0) is 18.1. The molecule has 2 aromatic carbocycles. The van der Waals surface area contributed by atoms with Gasteiger partial charge < -0.3 is 10.4 Å². The van der Waals surface area contributed by atoms with Crippen LogP contribution in [0.15, 0.2) is 59.9 Å². The van der Waals surface area contributed by atoms with Gasteiger partial charge in [0, 0.05) is 5.56 Å². The monoisotopic (exact) mass is 365 g/mol. The molecule has 0 saturated carbocycles. The van der Waals surface area contributed by atoms with Gasteiger partial charge in [-0.05, 0) is 48.1 Å². The first-order valence-corrected chi connectivity index (χ1v) is 8.95. The van der Waals surface area contributed by atoms with Crippen LogP contribution in [0.3, 0.4) is 0 Å². The molecule has 1 unspecified atom stereocenters. The molecule has 1 amide bonds. The minimum atomic E-state index is -0.550. The maximum atomic E-state index is 12.7. The number of Topliss-reactive ketones (excluding diaryl/α,β-unsaturated/α-hetero) is 1. The van der Waals surface area contributed by atoms with Crippen molar-refractivity contribution in [3.05, 3.63) is 71.0 Å². The van der Waals surface area contributed by atoms with Crippen molar-refractivity contribution in [2.45, 2.75) is 18.9 Å². The Labute approximate surface area is 153 Å². The first-order chi connectivity index (χ1) is 12.6. The van der Waals surface area contributed by atoms with E-state index >= 15 is 0 Å². The molecule has 1 atom stereocenters. The highest BCUT2D eigenvalue weighted by Crippen LogP contribution is 2.24. The molecule has 1 aromatic heterocycles. The number of nitrogens with zero attached hydrogens (tertiary/aromatic N) is 2. The second-order valence-corrected chi connectivity index (χ2v) is 6.88. The Kier molecular flexibility index (Phi) is 4.22. The molecule has 130 valence electrons. The van der Waals surface area contributed by atoms with Crippen molar-refractivity contribution in [2.75, 3.05) is 0 Å². The number of rotatable bonds is 5. The number of hydrogen-bond donors (Lipinski definition) is 2. The van der Waals surface area contributed by atoms with Crippen molar-refractivity contribution in [3.63, 3.8) is 0 Å². The van der Waals surface area contributed by atoms with E-state index in [1.54, 1.807) is 18.2 Å². The summed E-state index contributed by atoms with van der Waals surface area (Å²) < 4.78 is 4.69. The lowest BCUT2D eigenvalue weighted by Crippen LogP contribution is -2.30. The van der Waals surface area contributed by atoms with Gasteiger partial charge in [0.05, 0.1) is 10.7 Å². The van der Waals surface area contributed by atoms with E-state index < -0.39 is 17.7 Å². The van der Waals surface area contributed by atoms with Crippen LogP contribution in [0, 0.1) is 0 Å². The number of benzene rings is 2. The minimum Gasteiger partial charge on any atom is -0.509 e. The van der Waals surface area contributed by atoms with Crippen molar-refractivity contribution >= 4 is 33.4 Å². The standard InChI is InChI=1S/C19H15N3O3S/c23-17(12-7-9-15-14(10-12)21-22-26-15)16-18(24)13(20-19(16)25)8-6-11-4-2-1-3-5-11/h1-5,7,9-10,13,24H,6,8H2,(H,20,25). The summed E-state index contributed by atoms with van der Waals surface area (Å²) in [5.41, 5.74) is 1.83. The van der Waals surface area contributed by atoms with Crippen molar-refractivity contribution < 1.29 is 14.7 Å². The number of aromatic nitrogens is 2. The zero-order valence-electron chi connectivity index (χ0n) is 13.7. The summed E-state index contributed by atoms with van der Waals surface area (Å²) in [6.07, 6.45) is 1.21. The summed E-state index contributed by atoms with van der Waals surface area (Å²) >= 11 is 1.23. The summed E-state index contributed by atoms with van der Waals surface area (Å²) in [6.45, 7) is 0. The van der Waals surface area contributed by atoms with Crippen LogP contribution in [0.1, 0.15) is 22.3 Å². The fourth-order valence-corrected chi connectivity index (χ4v) is 3.58. The van der Waals surface area contributed by atoms with Crippen molar-refractivity contribution in [2.24, 2.45) is 0 Å². The fraction of sp³-hybridized carbons (Fsp3) is 0.158. The highest BCUT2D eigenvalue weighted by molar-refractivity contribution is 7.12. The molecule has 1 aliphatic rings. The molecule has 0 spiro atoms. The van der Waals surface area contributed by atoms with Crippen LogP contribution < -0.4 is 5.32 Å². The van der Waals surface area contributed by atoms with Crippen LogP contribution in [0.5, 0.6) is 0 Å². The molecular formula is C19H15N3O3S. The molecule has 1 aliphatic heterocycles. The molecule has 4 rings (SSSR count). The van der Waals surface area contributed by atoms with Gasteiger partial charge in [-0.1, -0.05) is 34.8 Å². The van der Waals surface area contributed by atoms with E-state index in [2.05, 4.69) is 14.9 Å². The van der Waals surface area contributed by atoms with Crippen LogP contribution >= 0.6 is 11.5 Å². The summed E-state index contributed by atoms with van der Waals surface area (Å²) in [5.74, 6) is -1.23. The molecule has 26 heavy (non-hydrogen) atoms. The normalized spacial score (nSPS) is 16.9. The quantitative estimate of drug-likeness (QED) is 0.536. The second kappa shape index (κ2) is 6.68. The number of aryl methyl sites for hydroxylation is 1. The maximum Gasteiger partial charge on any atom is 0.259 e. The van der Waals surface area contributed by atoms with Gasteiger partial charge >= 0.3 is 0 Å². The Morgan fingerprint density at radius 3 is 2.81 bits per heavy atom. The number of ketones is 1. The van der Waals surface area contributed by atoms with Crippen LogP contribution in [-0.4, -0.2) is 32.4 Å². The third kappa shape index (κ3) is 2.97. The zero-order valence-corrected chi connectivity index (χ0v) is 14.5. The molecule has 2 heterocycles.